The van der Waals surface area contributed by atoms with Gasteiger partial charge >= 0.3 is 0 Å². The van der Waals surface area contributed by atoms with Crippen molar-refractivity contribution >= 4 is 27.7 Å². The molecule has 4 nitrogen and oxygen atoms in total. The number of aryl methyl sites for hydroxylation is 2. The largest absolute Gasteiger partial charge is 0.270 e. The number of hydrogen-bond acceptors (Lipinski definition) is 4. The number of hydrogen-bond donors (Lipinski definition) is 0. The van der Waals surface area contributed by atoms with Crippen LogP contribution >= 0.6 is 27.7 Å². The van der Waals surface area contributed by atoms with E-state index in [0.717, 1.165) is 20.9 Å². The van der Waals surface area contributed by atoms with Crippen molar-refractivity contribution in [1.29, 1.82) is 0 Å². The van der Waals surface area contributed by atoms with Crippen LogP contribution in [0.15, 0.2) is 28.1 Å². The van der Waals surface area contributed by atoms with E-state index in [1.165, 1.54) is 5.69 Å². The van der Waals surface area contributed by atoms with E-state index in [1.807, 2.05) is 24.7 Å². The number of nitrogens with zero attached hydrogens (tertiary/aromatic N) is 4. The minimum Gasteiger partial charge on any atom is -0.270 e. The first kappa shape index (κ1) is 11.6. The van der Waals surface area contributed by atoms with Crippen LogP contribution < -0.4 is 0 Å². The molecule has 0 atom stereocenters. The van der Waals surface area contributed by atoms with Crippen LogP contribution in [0.4, 0.5) is 0 Å². The summed E-state index contributed by atoms with van der Waals surface area (Å²) < 4.78 is 2.98. The second-order valence-electron chi connectivity index (χ2n) is 3.31. The predicted octanol–water partition coefficient (Wildman–Crippen LogP) is 2.57. The van der Waals surface area contributed by atoms with E-state index in [0.29, 0.717) is 0 Å². The lowest BCUT2D eigenvalue weighted by atomic mass is 10.4. The molecule has 0 saturated carbocycles. The van der Waals surface area contributed by atoms with E-state index in [9.17, 15) is 0 Å². The fraction of sp³-hybridized carbons (Fsp3) is 0.300. The minimum absolute atomic E-state index is 0.842. The lowest BCUT2D eigenvalue weighted by Gasteiger charge is -2.02. The normalized spacial score (nSPS) is 10.7. The second kappa shape index (κ2) is 4.97. The molecule has 0 N–H and O–H groups in total. The fourth-order valence-corrected chi connectivity index (χ4v) is 2.90. The third-order valence-corrected chi connectivity index (χ3v) is 4.16. The smallest absolute Gasteiger partial charge is 0.116 e. The SMILES string of the molecule is Cc1nn(C)c(CSc2ccncn2)c1Br. The van der Waals surface area contributed by atoms with E-state index in [2.05, 4.69) is 31.0 Å². The molecule has 0 radical (unpaired) electrons. The second-order valence-corrected chi connectivity index (χ2v) is 5.09. The van der Waals surface area contributed by atoms with Gasteiger partial charge in [-0.2, -0.15) is 5.10 Å². The maximum atomic E-state index is 4.35. The number of thioether (sulfide) groups is 1. The van der Waals surface area contributed by atoms with Gasteiger partial charge in [0.15, 0.2) is 0 Å². The van der Waals surface area contributed by atoms with E-state index in [1.54, 1.807) is 24.3 Å². The van der Waals surface area contributed by atoms with Gasteiger partial charge in [0.1, 0.15) is 6.33 Å². The van der Waals surface area contributed by atoms with Crippen LogP contribution in [-0.2, 0) is 12.8 Å². The number of rotatable bonds is 3. The Bertz CT molecular complexity index is 483. The molecule has 0 aromatic carbocycles. The molecule has 0 amide bonds. The Morgan fingerprint density at radius 3 is 2.88 bits per heavy atom. The number of halogens is 1. The zero-order chi connectivity index (χ0) is 11.5. The van der Waals surface area contributed by atoms with E-state index < -0.39 is 0 Å². The van der Waals surface area contributed by atoms with E-state index in [-0.39, 0.29) is 0 Å². The molecule has 6 heteroatoms. The highest BCUT2D eigenvalue weighted by atomic mass is 79.9. The fourth-order valence-electron chi connectivity index (χ4n) is 1.34. The van der Waals surface area contributed by atoms with Gasteiger partial charge in [-0.15, -0.1) is 0 Å². The third-order valence-electron chi connectivity index (χ3n) is 2.17. The van der Waals surface area contributed by atoms with Gasteiger partial charge in [0, 0.05) is 19.0 Å². The van der Waals surface area contributed by atoms with Crippen LogP contribution in [-0.4, -0.2) is 19.7 Å². The van der Waals surface area contributed by atoms with Crippen molar-refractivity contribution in [2.45, 2.75) is 17.7 Å². The Balaban J connectivity index is 2.11. The van der Waals surface area contributed by atoms with Gasteiger partial charge in [-0.05, 0) is 28.9 Å². The molecular formula is C10H11BrN4S. The Hall–Kier alpha value is -0.880. The molecule has 0 aliphatic carbocycles. The van der Waals surface area contributed by atoms with Crippen molar-refractivity contribution in [3.8, 4) is 0 Å². The Kier molecular flexibility index (Phi) is 3.60. The molecule has 0 aliphatic heterocycles. The van der Waals surface area contributed by atoms with Crippen LogP contribution in [0, 0.1) is 6.92 Å². The van der Waals surface area contributed by atoms with E-state index >= 15 is 0 Å². The molecule has 0 bridgehead atoms. The lowest BCUT2D eigenvalue weighted by molar-refractivity contribution is 0.727. The quantitative estimate of drug-likeness (QED) is 0.645. The van der Waals surface area contributed by atoms with Crippen molar-refractivity contribution in [2.24, 2.45) is 7.05 Å². The molecule has 2 aromatic heterocycles. The van der Waals surface area contributed by atoms with Gasteiger partial charge in [0.2, 0.25) is 0 Å². The summed E-state index contributed by atoms with van der Waals surface area (Å²) in [5.41, 5.74) is 2.18. The molecule has 0 spiro atoms. The van der Waals surface area contributed by atoms with Crippen LogP contribution in [0.5, 0.6) is 0 Å². The average molecular weight is 299 g/mol. The summed E-state index contributed by atoms with van der Waals surface area (Å²) in [5, 5.41) is 5.32. The first-order valence-electron chi connectivity index (χ1n) is 4.75. The summed E-state index contributed by atoms with van der Waals surface area (Å²) in [6.45, 7) is 1.99. The van der Waals surface area contributed by atoms with Crippen LogP contribution in [0.2, 0.25) is 0 Å². The Morgan fingerprint density at radius 2 is 2.31 bits per heavy atom. The molecule has 2 aromatic rings. The van der Waals surface area contributed by atoms with Gasteiger partial charge < -0.3 is 0 Å². The summed E-state index contributed by atoms with van der Waals surface area (Å²) in [4.78, 5) is 8.06. The van der Waals surface area contributed by atoms with Gasteiger partial charge in [-0.1, -0.05) is 11.8 Å². The molecule has 2 heterocycles. The van der Waals surface area contributed by atoms with Crippen molar-refractivity contribution in [2.75, 3.05) is 0 Å². The van der Waals surface area contributed by atoms with Gasteiger partial charge in [0.05, 0.1) is 20.9 Å². The molecular weight excluding hydrogens is 288 g/mol. The maximum Gasteiger partial charge on any atom is 0.116 e. The van der Waals surface area contributed by atoms with Crippen molar-refractivity contribution in [3.05, 3.63) is 34.5 Å². The first-order valence-corrected chi connectivity index (χ1v) is 6.53. The third kappa shape index (κ3) is 2.44. The zero-order valence-electron chi connectivity index (χ0n) is 9.01. The molecule has 2 rings (SSSR count). The summed E-state index contributed by atoms with van der Waals surface area (Å²) in [6.07, 6.45) is 3.31. The van der Waals surface area contributed by atoms with E-state index in [4.69, 9.17) is 0 Å². The summed E-state index contributed by atoms with van der Waals surface area (Å²) in [7, 11) is 1.95. The van der Waals surface area contributed by atoms with Crippen LogP contribution in [0.1, 0.15) is 11.4 Å². The molecule has 0 saturated heterocycles. The highest BCUT2D eigenvalue weighted by Crippen LogP contribution is 2.27. The van der Waals surface area contributed by atoms with Crippen LogP contribution in [0.25, 0.3) is 0 Å². The number of aromatic nitrogens is 4. The summed E-state index contributed by atoms with van der Waals surface area (Å²) in [6, 6.07) is 1.90. The molecule has 0 fully saturated rings. The molecule has 0 unspecified atom stereocenters. The summed E-state index contributed by atoms with van der Waals surface area (Å²) in [5.74, 6) is 0.842. The Morgan fingerprint density at radius 1 is 1.50 bits per heavy atom. The van der Waals surface area contributed by atoms with Crippen molar-refractivity contribution < 1.29 is 0 Å². The first-order chi connectivity index (χ1) is 7.68. The standard InChI is InChI=1S/C10H11BrN4S/c1-7-10(11)8(15(2)14-7)5-16-9-3-4-12-6-13-9/h3-4,6H,5H2,1-2H3. The molecule has 16 heavy (non-hydrogen) atoms. The van der Waals surface area contributed by atoms with Gasteiger partial charge in [0.25, 0.3) is 0 Å². The minimum atomic E-state index is 0.842. The Labute approximate surface area is 107 Å². The lowest BCUT2D eigenvalue weighted by Crippen LogP contribution is -1.97. The molecule has 84 valence electrons. The maximum absolute atomic E-state index is 4.35. The highest BCUT2D eigenvalue weighted by Gasteiger charge is 2.10. The van der Waals surface area contributed by atoms with Crippen molar-refractivity contribution in [3.63, 3.8) is 0 Å². The van der Waals surface area contributed by atoms with Crippen LogP contribution in [0.3, 0.4) is 0 Å². The highest BCUT2D eigenvalue weighted by molar-refractivity contribution is 9.10. The van der Waals surface area contributed by atoms with Gasteiger partial charge in [-0.3, -0.25) is 4.68 Å². The molecule has 0 aliphatic rings. The summed E-state index contributed by atoms with van der Waals surface area (Å²) >= 11 is 5.22. The zero-order valence-corrected chi connectivity index (χ0v) is 11.4. The average Bonchev–Trinajstić information content (AvgIpc) is 2.53. The van der Waals surface area contributed by atoms with Gasteiger partial charge in [-0.25, -0.2) is 9.97 Å². The predicted molar refractivity (Wildman–Crippen MR) is 67.2 cm³/mol. The van der Waals surface area contributed by atoms with Crippen molar-refractivity contribution in [1.82, 2.24) is 19.7 Å². The monoisotopic (exact) mass is 298 g/mol. The topological polar surface area (TPSA) is 43.6 Å².